The van der Waals surface area contributed by atoms with Gasteiger partial charge in [0, 0.05) is 18.0 Å². The van der Waals surface area contributed by atoms with Gasteiger partial charge >= 0.3 is 0 Å². The molecule has 1 aromatic rings. The van der Waals surface area contributed by atoms with Crippen molar-refractivity contribution in [1.82, 2.24) is 15.0 Å². The summed E-state index contributed by atoms with van der Waals surface area (Å²) in [5, 5.41) is 37.3. The van der Waals surface area contributed by atoms with Gasteiger partial charge in [-0.25, -0.2) is 4.68 Å². The van der Waals surface area contributed by atoms with Crippen molar-refractivity contribution in [2.75, 3.05) is 0 Å². The monoisotopic (exact) mass is 303 g/mol. The summed E-state index contributed by atoms with van der Waals surface area (Å²) in [5.41, 5.74) is 0.195. The molecule has 0 aliphatic carbocycles. The van der Waals surface area contributed by atoms with Crippen LogP contribution < -0.4 is 0 Å². The quantitative estimate of drug-likeness (QED) is 0.715. The Hall–Kier alpha value is -0.670. The number of ether oxygens (including phenoxy) is 1. The van der Waals surface area contributed by atoms with Crippen molar-refractivity contribution in [3.8, 4) is 0 Å². The summed E-state index contributed by atoms with van der Waals surface area (Å²) in [4.78, 5) is 0. The first-order valence-corrected chi connectivity index (χ1v) is 7.67. The van der Waals surface area contributed by atoms with Crippen molar-refractivity contribution in [1.29, 1.82) is 0 Å². The predicted octanol–water partition coefficient (Wildman–Crippen LogP) is -0.0803. The molecule has 1 aliphatic rings. The minimum atomic E-state index is -1.19. The molecule has 7 nitrogen and oxygen atoms in total. The number of hydrogen-bond acceptors (Lipinski definition) is 7. The summed E-state index contributed by atoms with van der Waals surface area (Å²) in [7, 11) is 0. The standard InChI is InChI=1S/C12H21N3O4S/c1-6(2)15-4-8(13-14-15)5-20-12-11(18)10(17)9(16)7(3)19-12/h4,6-7,9-12,16-18H,5H2,1-3H3/t7?,9-,10+,11?,12+/m1/s1. The Morgan fingerprint density at radius 1 is 1.30 bits per heavy atom. The summed E-state index contributed by atoms with van der Waals surface area (Å²) in [6.45, 7) is 5.69. The maximum Gasteiger partial charge on any atom is 0.132 e. The van der Waals surface area contributed by atoms with Gasteiger partial charge in [-0.05, 0) is 20.8 Å². The van der Waals surface area contributed by atoms with Crippen LogP contribution in [0.25, 0.3) is 0 Å². The molecular weight excluding hydrogens is 282 g/mol. The number of nitrogens with zero attached hydrogens (tertiary/aromatic N) is 3. The average molecular weight is 303 g/mol. The Morgan fingerprint density at radius 2 is 2.00 bits per heavy atom. The molecule has 1 aliphatic heterocycles. The molecule has 1 aromatic heterocycles. The Labute approximate surface area is 121 Å². The zero-order chi connectivity index (χ0) is 14.9. The first kappa shape index (κ1) is 15.7. The minimum Gasteiger partial charge on any atom is -0.388 e. The fourth-order valence-corrected chi connectivity index (χ4v) is 3.03. The van der Waals surface area contributed by atoms with Crippen LogP contribution in [0, 0.1) is 0 Å². The summed E-state index contributed by atoms with van der Waals surface area (Å²) in [6, 6.07) is 0.245. The second kappa shape index (κ2) is 6.40. The molecule has 2 unspecified atom stereocenters. The lowest BCUT2D eigenvalue weighted by Gasteiger charge is -2.38. The van der Waals surface area contributed by atoms with Crippen LogP contribution in [0.5, 0.6) is 0 Å². The van der Waals surface area contributed by atoms with Gasteiger partial charge in [-0.1, -0.05) is 5.21 Å². The van der Waals surface area contributed by atoms with Crippen LogP contribution in [0.3, 0.4) is 0 Å². The first-order valence-electron chi connectivity index (χ1n) is 6.62. The molecule has 0 aromatic carbocycles. The molecular formula is C12H21N3O4S. The highest BCUT2D eigenvalue weighted by Crippen LogP contribution is 2.30. The van der Waals surface area contributed by atoms with Crippen molar-refractivity contribution in [2.24, 2.45) is 0 Å². The molecule has 2 heterocycles. The molecule has 20 heavy (non-hydrogen) atoms. The molecule has 0 spiro atoms. The minimum absolute atomic E-state index is 0.245. The molecule has 3 N–H and O–H groups in total. The highest BCUT2D eigenvalue weighted by atomic mass is 32.2. The van der Waals surface area contributed by atoms with E-state index in [9.17, 15) is 15.3 Å². The maximum absolute atomic E-state index is 9.90. The van der Waals surface area contributed by atoms with Gasteiger partial charge in [0.15, 0.2) is 0 Å². The molecule has 8 heteroatoms. The van der Waals surface area contributed by atoms with E-state index in [-0.39, 0.29) is 6.04 Å². The lowest BCUT2D eigenvalue weighted by Crippen LogP contribution is -2.55. The van der Waals surface area contributed by atoms with Crippen LogP contribution in [0.15, 0.2) is 6.20 Å². The van der Waals surface area contributed by atoms with E-state index in [1.165, 1.54) is 11.8 Å². The highest BCUT2D eigenvalue weighted by molar-refractivity contribution is 7.99. The second-order valence-electron chi connectivity index (χ2n) is 5.28. The van der Waals surface area contributed by atoms with Gasteiger partial charge < -0.3 is 20.1 Å². The molecule has 2 rings (SSSR count). The third-order valence-corrected chi connectivity index (χ3v) is 4.47. The zero-order valence-corrected chi connectivity index (χ0v) is 12.6. The van der Waals surface area contributed by atoms with Crippen LogP contribution in [0.1, 0.15) is 32.5 Å². The Balaban J connectivity index is 1.92. The number of aromatic nitrogens is 3. The van der Waals surface area contributed by atoms with Gasteiger partial charge in [0.1, 0.15) is 23.7 Å². The molecule has 0 saturated carbocycles. The number of aliphatic hydroxyl groups excluding tert-OH is 3. The average Bonchev–Trinajstić information content (AvgIpc) is 2.88. The molecule has 5 atom stereocenters. The summed E-state index contributed by atoms with van der Waals surface area (Å²) < 4.78 is 7.26. The maximum atomic E-state index is 9.90. The summed E-state index contributed by atoms with van der Waals surface area (Å²) in [6.07, 6.45) is -2.04. The third-order valence-electron chi connectivity index (χ3n) is 3.29. The van der Waals surface area contributed by atoms with Gasteiger partial charge in [-0.15, -0.1) is 16.9 Å². The number of aliphatic hydroxyl groups is 3. The zero-order valence-electron chi connectivity index (χ0n) is 11.7. The fraction of sp³-hybridized carbons (Fsp3) is 0.833. The fourth-order valence-electron chi connectivity index (χ4n) is 1.95. The van der Waals surface area contributed by atoms with Crippen molar-refractivity contribution in [3.05, 3.63) is 11.9 Å². The van der Waals surface area contributed by atoms with E-state index in [4.69, 9.17) is 4.74 Å². The van der Waals surface area contributed by atoms with E-state index >= 15 is 0 Å². The molecule has 1 saturated heterocycles. The number of hydrogen-bond donors (Lipinski definition) is 3. The van der Waals surface area contributed by atoms with Crippen LogP contribution in [-0.4, -0.2) is 60.2 Å². The van der Waals surface area contributed by atoms with E-state index in [1.807, 2.05) is 20.0 Å². The van der Waals surface area contributed by atoms with Crippen molar-refractivity contribution >= 4 is 11.8 Å². The van der Waals surface area contributed by atoms with Crippen LogP contribution in [-0.2, 0) is 10.5 Å². The van der Waals surface area contributed by atoms with E-state index in [0.717, 1.165) is 5.69 Å². The number of thioether (sulfide) groups is 1. The molecule has 0 amide bonds. The molecule has 1 fully saturated rings. The van der Waals surface area contributed by atoms with E-state index in [0.29, 0.717) is 5.75 Å². The van der Waals surface area contributed by atoms with Crippen molar-refractivity contribution in [3.63, 3.8) is 0 Å². The normalized spacial score (nSPS) is 34.6. The second-order valence-corrected chi connectivity index (χ2v) is 6.36. The smallest absolute Gasteiger partial charge is 0.132 e. The van der Waals surface area contributed by atoms with Crippen LogP contribution in [0.4, 0.5) is 0 Å². The van der Waals surface area contributed by atoms with E-state index in [2.05, 4.69) is 10.3 Å². The summed E-state index contributed by atoms with van der Waals surface area (Å²) >= 11 is 1.33. The van der Waals surface area contributed by atoms with E-state index < -0.39 is 29.9 Å². The van der Waals surface area contributed by atoms with Crippen molar-refractivity contribution in [2.45, 2.75) is 62.4 Å². The first-order chi connectivity index (χ1) is 9.40. The topological polar surface area (TPSA) is 101 Å². The largest absolute Gasteiger partial charge is 0.388 e. The van der Waals surface area contributed by atoms with E-state index in [1.54, 1.807) is 11.6 Å². The highest BCUT2D eigenvalue weighted by Gasteiger charge is 2.41. The van der Waals surface area contributed by atoms with Crippen LogP contribution in [0.2, 0.25) is 0 Å². The Morgan fingerprint density at radius 3 is 2.60 bits per heavy atom. The Bertz CT molecular complexity index is 442. The third kappa shape index (κ3) is 3.32. The Kier molecular flexibility index (Phi) is 5.03. The van der Waals surface area contributed by atoms with Gasteiger partial charge in [0.2, 0.25) is 0 Å². The molecule has 0 bridgehead atoms. The van der Waals surface area contributed by atoms with Gasteiger partial charge in [0.25, 0.3) is 0 Å². The summed E-state index contributed by atoms with van der Waals surface area (Å²) in [5.74, 6) is 0.518. The van der Waals surface area contributed by atoms with Gasteiger partial charge in [-0.2, -0.15) is 0 Å². The van der Waals surface area contributed by atoms with Crippen LogP contribution >= 0.6 is 11.8 Å². The predicted molar refractivity (Wildman–Crippen MR) is 74.1 cm³/mol. The SMILES string of the molecule is CC1O[C@@H](SCc2cn(C(C)C)nn2)C(O)[C@@H](O)[C@@H]1O. The molecule has 0 radical (unpaired) electrons. The van der Waals surface area contributed by atoms with Gasteiger partial charge in [0.05, 0.1) is 11.8 Å². The van der Waals surface area contributed by atoms with Crippen molar-refractivity contribution < 1.29 is 20.1 Å². The lowest BCUT2D eigenvalue weighted by atomic mass is 10.0. The number of rotatable bonds is 4. The van der Waals surface area contributed by atoms with Gasteiger partial charge in [-0.3, -0.25) is 0 Å². The lowest BCUT2D eigenvalue weighted by molar-refractivity contribution is -0.192. The molecule has 114 valence electrons.